The Kier molecular flexibility index (Phi) is 10.5. The van der Waals surface area contributed by atoms with Crippen molar-refractivity contribution in [2.75, 3.05) is 13.1 Å². The molecule has 0 atom stereocenters. The molecule has 0 unspecified atom stereocenters. The smallest absolute Gasteiger partial charge is 0.340 e. The number of aromatic nitrogens is 2. The van der Waals surface area contributed by atoms with Gasteiger partial charge in [-0.05, 0) is 121 Å². The third-order valence-corrected chi connectivity index (χ3v) is 9.92. The predicted octanol–water partition coefficient (Wildman–Crippen LogP) is 8.63. The van der Waals surface area contributed by atoms with Crippen molar-refractivity contribution in [3.05, 3.63) is 143 Å². The molecule has 7 rings (SSSR count). The molecule has 0 saturated carbocycles. The molecule has 0 saturated heterocycles. The van der Waals surface area contributed by atoms with E-state index < -0.39 is 34.3 Å². The lowest BCUT2D eigenvalue weighted by Crippen LogP contribution is -2.33. The van der Waals surface area contributed by atoms with Crippen LogP contribution in [0.1, 0.15) is 92.0 Å². The van der Waals surface area contributed by atoms with Crippen molar-refractivity contribution in [2.45, 2.75) is 73.0 Å². The van der Waals surface area contributed by atoms with Crippen LogP contribution >= 0.6 is 0 Å². The van der Waals surface area contributed by atoms with Crippen molar-refractivity contribution in [1.82, 2.24) is 14.9 Å². The van der Waals surface area contributed by atoms with Gasteiger partial charge in [-0.2, -0.15) is 0 Å². The number of pyridine rings is 2. The van der Waals surface area contributed by atoms with Crippen molar-refractivity contribution in [3.63, 3.8) is 0 Å². The Morgan fingerprint density at radius 1 is 0.679 bits per heavy atom. The molecule has 0 fully saturated rings. The van der Waals surface area contributed by atoms with E-state index in [-0.39, 0.29) is 11.5 Å². The number of nitrogens with zero attached hydrogens (tertiary/aromatic N) is 3. The average Bonchev–Trinajstić information content (AvgIpc) is 3.45. The van der Waals surface area contributed by atoms with Crippen LogP contribution in [0.25, 0.3) is 0 Å². The molecule has 5 aromatic rings. The van der Waals surface area contributed by atoms with Gasteiger partial charge in [0.25, 0.3) is 0 Å². The Bertz CT molecular complexity index is 2180. The molecule has 1 spiro atoms. The zero-order valence-electron chi connectivity index (χ0n) is 32.8. The van der Waals surface area contributed by atoms with Gasteiger partial charge in [0.05, 0.1) is 22.1 Å². The minimum absolute atomic E-state index is 0.286. The molecule has 2 aliphatic rings. The highest BCUT2D eigenvalue weighted by molar-refractivity contribution is 5.97. The van der Waals surface area contributed by atoms with Gasteiger partial charge in [-0.1, -0.05) is 24.3 Å². The second-order valence-corrected chi connectivity index (χ2v) is 16.4. The molecular weight excluding hydrogens is 707 g/mol. The Hall–Kier alpha value is -5.87. The van der Waals surface area contributed by atoms with Crippen LogP contribution in [-0.4, -0.2) is 45.9 Å². The van der Waals surface area contributed by atoms with Crippen LogP contribution in [0.4, 0.5) is 0 Å². The standard InChI is InChI=1S/C46H47N3O7/c1-44(2,3)42(51)53-33-16-19-36-39(27-33)55-40-28-34(54-43(52)45(4,5)6)17-20-37(40)46(36)38-26-30(15-18-35(38)41(50)56-46)12-11-24-49(29-32-14-8-10-23-48-32)25-21-31-13-7-9-22-47-31/h7-10,13-20,22-23,26-28H,11-12,21,24-25,29H2,1-6H3. The molecule has 288 valence electrons. The van der Waals surface area contributed by atoms with E-state index in [2.05, 4.69) is 20.9 Å². The Balaban J connectivity index is 1.21. The van der Waals surface area contributed by atoms with Gasteiger partial charge in [-0.25, -0.2) is 4.79 Å². The fourth-order valence-corrected chi connectivity index (χ4v) is 6.85. The Morgan fingerprint density at radius 2 is 1.27 bits per heavy atom. The molecule has 4 heterocycles. The minimum Gasteiger partial charge on any atom is -0.456 e. The highest BCUT2D eigenvalue weighted by Crippen LogP contribution is 2.57. The first-order valence-electron chi connectivity index (χ1n) is 19.0. The van der Waals surface area contributed by atoms with Crippen LogP contribution in [0.5, 0.6) is 23.0 Å². The summed E-state index contributed by atoms with van der Waals surface area (Å²) in [4.78, 5) is 51.0. The van der Waals surface area contributed by atoms with Crippen LogP contribution in [0.2, 0.25) is 0 Å². The number of benzene rings is 3. The van der Waals surface area contributed by atoms with Crippen molar-refractivity contribution in [2.24, 2.45) is 10.8 Å². The molecular formula is C46H47N3O7. The lowest BCUT2D eigenvalue weighted by molar-refractivity contribution is -0.143. The first-order chi connectivity index (χ1) is 26.7. The number of hydrogen-bond acceptors (Lipinski definition) is 10. The van der Waals surface area contributed by atoms with Gasteiger partial charge in [0.1, 0.15) is 23.0 Å². The average molecular weight is 754 g/mol. The Labute approximate surface area is 327 Å². The zero-order chi connectivity index (χ0) is 39.7. The second kappa shape index (κ2) is 15.3. The molecule has 10 heteroatoms. The van der Waals surface area contributed by atoms with Gasteiger partial charge in [0, 0.05) is 66.4 Å². The maximum Gasteiger partial charge on any atom is 0.340 e. The number of rotatable bonds is 11. The predicted molar refractivity (Wildman–Crippen MR) is 211 cm³/mol. The lowest BCUT2D eigenvalue weighted by atomic mass is 9.77. The number of hydrogen-bond donors (Lipinski definition) is 0. The molecule has 10 nitrogen and oxygen atoms in total. The van der Waals surface area contributed by atoms with E-state index in [0.717, 1.165) is 55.8 Å². The zero-order valence-corrected chi connectivity index (χ0v) is 32.8. The summed E-state index contributed by atoms with van der Waals surface area (Å²) in [7, 11) is 0. The summed E-state index contributed by atoms with van der Waals surface area (Å²) in [6, 6.07) is 28.0. The summed E-state index contributed by atoms with van der Waals surface area (Å²) in [5, 5.41) is 0. The number of ether oxygens (including phenoxy) is 4. The van der Waals surface area contributed by atoms with Gasteiger partial charge >= 0.3 is 17.9 Å². The molecule has 0 amide bonds. The highest BCUT2D eigenvalue weighted by Gasteiger charge is 2.54. The van der Waals surface area contributed by atoms with Crippen LogP contribution in [-0.2, 0) is 39.3 Å². The van der Waals surface area contributed by atoms with Crippen molar-refractivity contribution in [1.29, 1.82) is 0 Å². The Morgan fingerprint density at radius 3 is 1.82 bits per heavy atom. The SMILES string of the molecule is CC(C)(C)C(=O)Oc1ccc2c(c1)Oc1cc(OC(=O)C(C)(C)C)ccc1C21OC(=O)c2ccc(CCCN(CCc3ccccn3)Cc3ccccn3)cc21. The molecule has 0 bridgehead atoms. The summed E-state index contributed by atoms with van der Waals surface area (Å²) in [6.45, 7) is 13.1. The fourth-order valence-electron chi connectivity index (χ4n) is 6.85. The highest BCUT2D eigenvalue weighted by atomic mass is 16.6. The van der Waals surface area contributed by atoms with E-state index in [4.69, 9.17) is 18.9 Å². The third-order valence-electron chi connectivity index (χ3n) is 9.92. The van der Waals surface area contributed by atoms with Gasteiger partial charge in [0.15, 0.2) is 5.60 Å². The fraction of sp³-hybridized carbons (Fsp3) is 0.326. The molecule has 0 aliphatic carbocycles. The van der Waals surface area contributed by atoms with Crippen molar-refractivity contribution in [3.8, 4) is 23.0 Å². The number of fused-ring (bicyclic) bond motifs is 6. The maximum atomic E-state index is 13.8. The molecule has 56 heavy (non-hydrogen) atoms. The van der Waals surface area contributed by atoms with Gasteiger partial charge in [-0.15, -0.1) is 0 Å². The molecule has 0 radical (unpaired) electrons. The normalized spacial score (nSPS) is 14.0. The summed E-state index contributed by atoms with van der Waals surface area (Å²) in [6.07, 6.45) is 6.07. The lowest BCUT2D eigenvalue weighted by Gasteiger charge is -2.37. The topological polar surface area (TPSA) is 117 Å². The van der Waals surface area contributed by atoms with Crippen LogP contribution in [0, 0.1) is 10.8 Å². The van der Waals surface area contributed by atoms with E-state index in [1.165, 1.54) is 0 Å². The molecule has 0 N–H and O–H groups in total. The van der Waals surface area contributed by atoms with Crippen LogP contribution < -0.4 is 14.2 Å². The van der Waals surface area contributed by atoms with Gasteiger partial charge in [-0.3, -0.25) is 24.5 Å². The monoisotopic (exact) mass is 753 g/mol. The third kappa shape index (κ3) is 8.07. The first kappa shape index (κ1) is 38.4. The first-order valence-corrected chi connectivity index (χ1v) is 19.0. The molecule has 2 aliphatic heterocycles. The van der Waals surface area contributed by atoms with E-state index in [1.807, 2.05) is 60.9 Å². The van der Waals surface area contributed by atoms with Crippen molar-refractivity contribution < 1.29 is 33.3 Å². The summed E-state index contributed by atoms with van der Waals surface area (Å²) in [5.74, 6) is -0.00811. The van der Waals surface area contributed by atoms with Gasteiger partial charge < -0.3 is 18.9 Å². The number of esters is 3. The van der Waals surface area contributed by atoms with E-state index >= 15 is 0 Å². The maximum absolute atomic E-state index is 13.8. The van der Waals surface area contributed by atoms with E-state index in [0.29, 0.717) is 33.8 Å². The minimum atomic E-state index is -1.38. The number of aryl methyl sites for hydroxylation is 1. The second-order valence-electron chi connectivity index (χ2n) is 16.4. The van der Waals surface area contributed by atoms with Crippen molar-refractivity contribution >= 4 is 17.9 Å². The van der Waals surface area contributed by atoms with Crippen LogP contribution in [0.15, 0.2) is 103 Å². The number of carbonyl (C=O) groups is 3. The summed E-state index contributed by atoms with van der Waals surface area (Å²) >= 11 is 0. The van der Waals surface area contributed by atoms with E-state index in [9.17, 15) is 14.4 Å². The van der Waals surface area contributed by atoms with Crippen LogP contribution in [0.3, 0.4) is 0 Å². The molecule has 2 aromatic heterocycles. The largest absolute Gasteiger partial charge is 0.456 e. The van der Waals surface area contributed by atoms with E-state index in [1.54, 1.807) is 77.9 Å². The number of carbonyl (C=O) groups excluding carboxylic acids is 3. The van der Waals surface area contributed by atoms with Gasteiger partial charge in [0.2, 0.25) is 0 Å². The summed E-state index contributed by atoms with van der Waals surface area (Å²) in [5.41, 5.74) is 2.55. The summed E-state index contributed by atoms with van der Waals surface area (Å²) < 4.78 is 24.4. The quantitative estimate of drug-likeness (QED) is 0.0959. The molecule has 3 aromatic carbocycles.